The molecule has 1 aromatic heterocycles. The number of aliphatic hydroxyl groups is 1. The van der Waals surface area contributed by atoms with Crippen LogP contribution >= 0.6 is 0 Å². The molecule has 0 unspecified atom stereocenters. The molecule has 1 N–H and O–H groups in total. The van der Waals surface area contributed by atoms with Crippen molar-refractivity contribution in [1.82, 2.24) is 25.1 Å². The van der Waals surface area contributed by atoms with Crippen LogP contribution in [0.15, 0.2) is 0 Å². The lowest BCUT2D eigenvalue weighted by molar-refractivity contribution is 0.124. The lowest BCUT2D eigenvalue weighted by Crippen LogP contribution is -2.35. The summed E-state index contributed by atoms with van der Waals surface area (Å²) in [6, 6.07) is 0. The number of likely N-dealkylation sites (tertiary alicyclic amines) is 1. The summed E-state index contributed by atoms with van der Waals surface area (Å²) < 4.78 is 1.92. The molecule has 0 spiro atoms. The summed E-state index contributed by atoms with van der Waals surface area (Å²) in [5.74, 6) is 1.45. The molecule has 1 aliphatic heterocycles. The van der Waals surface area contributed by atoms with Crippen molar-refractivity contribution < 1.29 is 5.11 Å². The second-order valence-electron chi connectivity index (χ2n) is 5.07. The van der Waals surface area contributed by atoms with Crippen LogP contribution in [-0.2, 0) is 13.1 Å². The fraction of sp³-hybridized carbons (Fsp3) is 0.917. The van der Waals surface area contributed by atoms with E-state index in [4.69, 9.17) is 5.11 Å². The molecule has 0 amide bonds. The van der Waals surface area contributed by atoms with E-state index in [0.717, 1.165) is 57.7 Å². The number of aliphatic hydroxyl groups excluding tert-OH is 1. The molecule has 2 rings (SSSR count). The second kappa shape index (κ2) is 6.80. The van der Waals surface area contributed by atoms with Crippen LogP contribution < -0.4 is 0 Å². The Kier molecular flexibility index (Phi) is 5.07. The Morgan fingerprint density at radius 3 is 2.78 bits per heavy atom. The van der Waals surface area contributed by atoms with E-state index in [-0.39, 0.29) is 0 Å². The molecule has 0 atom stereocenters. The molecule has 0 saturated carbocycles. The van der Waals surface area contributed by atoms with Gasteiger partial charge in [0.1, 0.15) is 0 Å². The van der Waals surface area contributed by atoms with Gasteiger partial charge in [0.25, 0.3) is 0 Å². The van der Waals surface area contributed by atoms with Crippen LogP contribution in [-0.4, -0.2) is 49.9 Å². The first-order valence-corrected chi connectivity index (χ1v) is 6.91. The molecule has 6 heteroatoms. The smallest absolute Gasteiger partial charge is 0.165 e. The van der Waals surface area contributed by atoms with Gasteiger partial charge in [-0.05, 0) is 48.7 Å². The summed E-state index contributed by atoms with van der Waals surface area (Å²) in [5.41, 5.74) is 0. The van der Waals surface area contributed by atoms with Gasteiger partial charge in [0.2, 0.25) is 0 Å². The maximum absolute atomic E-state index is 9.12. The molecule has 6 nitrogen and oxygen atoms in total. The van der Waals surface area contributed by atoms with Crippen LogP contribution in [0.3, 0.4) is 0 Å². The summed E-state index contributed by atoms with van der Waals surface area (Å²) in [6.07, 6.45) is 4.42. The summed E-state index contributed by atoms with van der Waals surface area (Å²) in [7, 11) is 0. The molecule has 0 radical (unpaired) electrons. The Hall–Kier alpha value is -1.01. The van der Waals surface area contributed by atoms with Gasteiger partial charge in [0.15, 0.2) is 5.82 Å². The van der Waals surface area contributed by atoms with Crippen molar-refractivity contribution in [1.29, 1.82) is 0 Å². The molecule has 1 saturated heterocycles. The topological polar surface area (TPSA) is 67.1 Å². The van der Waals surface area contributed by atoms with Gasteiger partial charge in [-0.3, -0.25) is 4.90 Å². The zero-order chi connectivity index (χ0) is 12.8. The van der Waals surface area contributed by atoms with Crippen LogP contribution in [0.25, 0.3) is 0 Å². The quantitative estimate of drug-likeness (QED) is 0.807. The molecular formula is C12H23N5O. The van der Waals surface area contributed by atoms with Gasteiger partial charge < -0.3 is 5.11 Å². The van der Waals surface area contributed by atoms with Gasteiger partial charge in [0.05, 0.1) is 6.54 Å². The van der Waals surface area contributed by atoms with Gasteiger partial charge in [-0.25, -0.2) is 4.68 Å². The molecular weight excluding hydrogens is 230 g/mol. The molecule has 1 aromatic rings. The number of hydrogen-bond acceptors (Lipinski definition) is 5. The van der Waals surface area contributed by atoms with Gasteiger partial charge in [0, 0.05) is 13.2 Å². The third kappa shape index (κ3) is 3.49. The predicted octanol–water partition coefficient (Wildman–Crippen LogP) is 0.677. The van der Waals surface area contributed by atoms with Crippen LogP contribution in [0.5, 0.6) is 0 Å². The average Bonchev–Trinajstić information content (AvgIpc) is 2.84. The molecule has 0 aromatic carbocycles. The van der Waals surface area contributed by atoms with Gasteiger partial charge in [-0.2, -0.15) is 0 Å². The maximum atomic E-state index is 9.12. The molecule has 0 bridgehead atoms. The highest BCUT2D eigenvalue weighted by Gasteiger charge is 2.20. The van der Waals surface area contributed by atoms with Crippen LogP contribution in [0.1, 0.15) is 38.4 Å². The highest BCUT2D eigenvalue weighted by Crippen LogP contribution is 2.17. The zero-order valence-electron chi connectivity index (χ0n) is 11.1. The largest absolute Gasteiger partial charge is 0.396 e. The van der Waals surface area contributed by atoms with E-state index >= 15 is 0 Å². The SMILES string of the molecule is CCCCn1nnnc1CN1CCC(CO)CC1. The first-order valence-electron chi connectivity index (χ1n) is 6.91. The van der Waals surface area contributed by atoms with Crippen LogP contribution in [0.2, 0.25) is 0 Å². The van der Waals surface area contributed by atoms with Crippen molar-refractivity contribution in [3.8, 4) is 0 Å². The van der Waals surface area contributed by atoms with Crippen molar-refractivity contribution in [2.75, 3.05) is 19.7 Å². The van der Waals surface area contributed by atoms with E-state index < -0.39 is 0 Å². The number of unbranched alkanes of at least 4 members (excludes halogenated alkanes) is 1. The monoisotopic (exact) mass is 253 g/mol. The zero-order valence-corrected chi connectivity index (χ0v) is 11.1. The first-order chi connectivity index (χ1) is 8.83. The first kappa shape index (κ1) is 13.4. The van der Waals surface area contributed by atoms with Crippen molar-refractivity contribution in [3.63, 3.8) is 0 Å². The van der Waals surface area contributed by atoms with Crippen molar-refractivity contribution in [2.24, 2.45) is 5.92 Å². The van der Waals surface area contributed by atoms with Gasteiger partial charge >= 0.3 is 0 Å². The standard InChI is InChI=1S/C12H23N5O/c1-2-3-6-17-12(13-14-15-17)9-16-7-4-11(10-18)5-8-16/h11,18H,2-10H2,1H3. The minimum atomic E-state index is 0.322. The van der Waals surface area contributed by atoms with Crippen molar-refractivity contribution in [2.45, 2.75) is 45.7 Å². The fourth-order valence-electron chi connectivity index (χ4n) is 2.35. The Labute approximate surface area is 108 Å². The van der Waals surface area contributed by atoms with Crippen molar-refractivity contribution >= 4 is 0 Å². The lowest BCUT2D eigenvalue weighted by atomic mass is 9.98. The number of piperidine rings is 1. The molecule has 0 aliphatic carbocycles. The minimum absolute atomic E-state index is 0.322. The number of nitrogens with zero attached hydrogens (tertiary/aromatic N) is 5. The van der Waals surface area contributed by atoms with E-state index in [1.54, 1.807) is 0 Å². The fourth-order valence-corrected chi connectivity index (χ4v) is 2.35. The van der Waals surface area contributed by atoms with Gasteiger partial charge in [-0.1, -0.05) is 13.3 Å². The van der Waals surface area contributed by atoms with E-state index in [0.29, 0.717) is 12.5 Å². The lowest BCUT2D eigenvalue weighted by Gasteiger charge is -2.30. The third-order valence-electron chi connectivity index (χ3n) is 3.66. The normalized spacial score (nSPS) is 18.3. The number of tetrazole rings is 1. The average molecular weight is 253 g/mol. The van der Waals surface area contributed by atoms with E-state index in [2.05, 4.69) is 27.3 Å². The Morgan fingerprint density at radius 1 is 1.33 bits per heavy atom. The Bertz CT molecular complexity index is 346. The van der Waals surface area contributed by atoms with E-state index in [1.165, 1.54) is 0 Å². The number of aryl methyl sites for hydroxylation is 1. The molecule has 1 aliphatic rings. The summed E-state index contributed by atoms with van der Waals surface area (Å²) >= 11 is 0. The minimum Gasteiger partial charge on any atom is -0.396 e. The van der Waals surface area contributed by atoms with Crippen LogP contribution in [0, 0.1) is 5.92 Å². The predicted molar refractivity (Wildman–Crippen MR) is 67.8 cm³/mol. The van der Waals surface area contributed by atoms with Crippen molar-refractivity contribution in [3.05, 3.63) is 5.82 Å². The number of hydrogen-bond donors (Lipinski definition) is 1. The summed E-state index contributed by atoms with van der Waals surface area (Å²) in [6.45, 7) is 6.30. The second-order valence-corrected chi connectivity index (χ2v) is 5.07. The molecule has 1 fully saturated rings. The number of rotatable bonds is 6. The Morgan fingerprint density at radius 2 is 2.11 bits per heavy atom. The molecule has 102 valence electrons. The highest BCUT2D eigenvalue weighted by molar-refractivity contribution is 4.83. The maximum Gasteiger partial charge on any atom is 0.165 e. The van der Waals surface area contributed by atoms with Crippen LogP contribution in [0.4, 0.5) is 0 Å². The molecule has 2 heterocycles. The van der Waals surface area contributed by atoms with Gasteiger partial charge in [-0.15, -0.1) is 5.10 Å². The van der Waals surface area contributed by atoms with E-state index in [1.807, 2.05) is 4.68 Å². The summed E-state index contributed by atoms with van der Waals surface area (Å²) in [5, 5.41) is 21.0. The Balaban J connectivity index is 1.84. The van der Waals surface area contributed by atoms with E-state index in [9.17, 15) is 0 Å². The highest BCUT2D eigenvalue weighted by atomic mass is 16.3. The number of aromatic nitrogens is 4. The molecule has 18 heavy (non-hydrogen) atoms. The third-order valence-corrected chi connectivity index (χ3v) is 3.66. The summed E-state index contributed by atoms with van der Waals surface area (Å²) in [4.78, 5) is 2.38.